The fraction of sp³-hybridized carbons (Fsp3) is 0.222. The number of aryl methyl sites for hydroxylation is 1. The van der Waals surface area contributed by atoms with Crippen molar-refractivity contribution >= 4 is 34.6 Å². The molecule has 0 aliphatic rings. The van der Waals surface area contributed by atoms with Gasteiger partial charge in [-0.15, -0.1) is 10.2 Å². The van der Waals surface area contributed by atoms with Crippen LogP contribution in [0, 0.1) is 6.92 Å². The number of nitrogen functional groups attached to an aromatic ring is 1. The number of nitrogens with two attached hydrogens (primary N) is 1. The van der Waals surface area contributed by atoms with E-state index in [1.54, 1.807) is 32.3 Å². The number of pyridine rings is 1. The Morgan fingerprint density at radius 1 is 1.28 bits per heavy atom. The highest BCUT2D eigenvalue weighted by Gasteiger charge is 2.24. The van der Waals surface area contributed by atoms with Gasteiger partial charge in [0.1, 0.15) is 23.0 Å². The van der Waals surface area contributed by atoms with Gasteiger partial charge in [0, 0.05) is 12.4 Å². The molecule has 11 heteroatoms. The summed E-state index contributed by atoms with van der Waals surface area (Å²) < 4.78 is 16.3. The van der Waals surface area contributed by atoms with Crippen LogP contribution in [-0.4, -0.2) is 37.7 Å². The molecule has 148 valence electrons. The maximum Gasteiger partial charge on any atom is 0.342 e. The molecule has 0 aliphatic heterocycles. The summed E-state index contributed by atoms with van der Waals surface area (Å²) >= 11 is 1.26. The van der Waals surface area contributed by atoms with Gasteiger partial charge >= 0.3 is 5.97 Å². The normalized spacial score (nSPS) is 11.1. The maximum absolute atomic E-state index is 12.2. The Bertz CT molecular complexity index is 1170. The molecule has 4 aromatic heterocycles. The lowest BCUT2D eigenvalue weighted by Crippen LogP contribution is -2.07. The van der Waals surface area contributed by atoms with E-state index in [1.807, 2.05) is 6.07 Å². The van der Waals surface area contributed by atoms with E-state index in [4.69, 9.17) is 19.3 Å². The first kappa shape index (κ1) is 18.9. The van der Waals surface area contributed by atoms with Gasteiger partial charge in [0.25, 0.3) is 5.22 Å². The second-order valence-corrected chi connectivity index (χ2v) is 6.79. The summed E-state index contributed by atoms with van der Waals surface area (Å²) in [5.74, 6) is 1.11. The molecule has 0 unspecified atom stereocenters. The summed E-state index contributed by atoms with van der Waals surface area (Å²) in [6, 6.07) is 3.61. The minimum atomic E-state index is -0.519. The van der Waals surface area contributed by atoms with E-state index in [1.165, 1.54) is 11.8 Å². The van der Waals surface area contributed by atoms with Crippen molar-refractivity contribution in [3.05, 3.63) is 41.7 Å². The number of nitrogens with zero attached hydrogens (tertiary/aromatic N) is 5. The van der Waals surface area contributed by atoms with E-state index in [0.29, 0.717) is 33.8 Å². The van der Waals surface area contributed by atoms with Crippen LogP contribution >= 0.6 is 11.8 Å². The molecule has 4 aromatic rings. The summed E-state index contributed by atoms with van der Waals surface area (Å²) in [6.45, 7) is 3.62. The van der Waals surface area contributed by atoms with Crippen LogP contribution in [0.1, 0.15) is 28.9 Å². The number of carbonyl (C=O) groups excluding carboxylic acids is 1. The van der Waals surface area contributed by atoms with Crippen LogP contribution in [0.2, 0.25) is 0 Å². The first-order valence-corrected chi connectivity index (χ1v) is 9.64. The standard InChI is InChI=1S/C18H16N6O4S/c1-3-26-17(25)12-9(2)27-16-13(12)14(19)21-11(22-16)8-29-18-24-23-15(28-18)10-5-4-6-20-7-10/h4-7H,3,8H2,1-2H3,(H2,19,21,22). The Kier molecular flexibility index (Phi) is 5.12. The smallest absolute Gasteiger partial charge is 0.342 e. The van der Waals surface area contributed by atoms with Crippen molar-refractivity contribution < 1.29 is 18.4 Å². The van der Waals surface area contributed by atoms with Crippen LogP contribution in [0.4, 0.5) is 5.82 Å². The number of fused-ring (bicyclic) bond motifs is 1. The first-order chi connectivity index (χ1) is 14.1. The van der Waals surface area contributed by atoms with Gasteiger partial charge in [-0.05, 0) is 26.0 Å². The second-order valence-electron chi connectivity index (χ2n) is 5.86. The Morgan fingerprint density at radius 3 is 2.90 bits per heavy atom. The molecule has 2 N–H and O–H groups in total. The van der Waals surface area contributed by atoms with Crippen molar-refractivity contribution in [2.45, 2.75) is 24.8 Å². The zero-order chi connectivity index (χ0) is 20.4. The van der Waals surface area contributed by atoms with Crippen molar-refractivity contribution in [1.82, 2.24) is 25.1 Å². The number of carbonyl (C=O) groups is 1. The lowest BCUT2D eigenvalue weighted by molar-refractivity contribution is 0.0526. The third-order valence-corrected chi connectivity index (χ3v) is 4.74. The molecule has 0 aromatic carbocycles. The molecule has 0 saturated carbocycles. The molecular formula is C18H16N6O4S. The first-order valence-electron chi connectivity index (χ1n) is 8.66. The number of ether oxygens (including phenoxy) is 1. The Hall–Kier alpha value is -3.47. The highest BCUT2D eigenvalue weighted by Crippen LogP contribution is 2.30. The van der Waals surface area contributed by atoms with Crippen LogP contribution in [0.3, 0.4) is 0 Å². The number of furan rings is 1. The molecule has 0 fully saturated rings. The van der Waals surface area contributed by atoms with Gasteiger partial charge in [-0.3, -0.25) is 4.98 Å². The fourth-order valence-electron chi connectivity index (χ4n) is 2.70. The fourth-order valence-corrected chi connectivity index (χ4v) is 3.32. The van der Waals surface area contributed by atoms with Crippen molar-refractivity contribution in [3.63, 3.8) is 0 Å². The number of thioether (sulfide) groups is 1. The topological polar surface area (TPSA) is 143 Å². The Balaban J connectivity index is 1.55. The SMILES string of the molecule is CCOC(=O)c1c(C)oc2nc(CSc3nnc(-c4cccnc4)o3)nc(N)c12. The zero-order valence-corrected chi connectivity index (χ0v) is 16.4. The van der Waals surface area contributed by atoms with Crippen LogP contribution < -0.4 is 5.73 Å². The maximum atomic E-state index is 12.2. The quantitative estimate of drug-likeness (QED) is 0.368. The number of esters is 1. The van der Waals surface area contributed by atoms with Crippen LogP contribution in [0.15, 0.2) is 38.6 Å². The van der Waals surface area contributed by atoms with E-state index in [9.17, 15) is 4.79 Å². The average molecular weight is 412 g/mol. The summed E-state index contributed by atoms with van der Waals surface area (Å²) in [7, 11) is 0. The third kappa shape index (κ3) is 3.76. The second kappa shape index (κ2) is 7.87. The van der Waals surface area contributed by atoms with Crippen molar-refractivity contribution in [1.29, 1.82) is 0 Å². The molecule has 0 bridgehead atoms. The zero-order valence-electron chi connectivity index (χ0n) is 15.6. The predicted molar refractivity (Wildman–Crippen MR) is 104 cm³/mol. The monoisotopic (exact) mass is 412 g/mol. The molecular weight excluding hydrogens is 396 g/mol. The Morgan fingerprint density at radius 2 is 2.14 bits per heavy atom. The van der Waals surface area contributed by atoms with Gasteiger partial charge in [-0.1, -0.05) is 11.8 Å². The van der Waals surface area contributed by atoms with Crippen LogP contribution in [-0.2, 0) is 10.5 Å². The molecule has 0 aliphatic carbocycles. The van der Waals surface area contributed by atoms with Crippen molar-refractivity contribution in [2.24, 2.45) is 0 Å². The van der Waals surface area contributed by atoms with Crippen LogP contribution in [0.25, 0.3) is 22.6 Å². The number of hydrogen-bond acceptors (Lipinski definition) is 11. The van der Waals surface area contributed by atoms with Crippen molar-refractivity contribution in [3.8, 4) is 11.5 Å². The minimum absolute atomic E-state index is 0.145. The van der Waals surface area contributed by atoms with Crippen molar-refractivity contribution in [2.75, 3.05) is 12.3 Å². The molecule has 0 atom stereocenters. The highest BCUT2D eigenvalue weighted by atomic mass is 32.2. The summed E-state index contributed by atoms with van der Waals surface area (Å²) in [6.07, 6.45) is 3.30. The van der Waals surface area contributed by atoms with E-state index in [-0.39, 0.29) is 23.7 Å². The average Bonchev–Trinajstić information content (AvgIpc) is 3.31. The lowest BCUT2D eigenvalue weighted by Gasteiger charge is -2.03. The van der Waals surface area contributed by atoms with Gasteiger partial charge in [-0.25, -0.2) is 9.78 Å². The molecule has 29 heavy (non-hydrogen) atoms. The lowest BCUT2D eigenvalue weighted by atomic mass is 10.2. The summed E-state index contributed by atoms with van der Waals surface area (Å²) in [4.78, 5) is 24.8. The molecule has 4 rings (SSSR count). The van der Waals surface area contributed by atoms with Gasteiger partial charge in [-0.2, -0.15) is 4.98 Å². The largest absolute Gasteiger partial charge is 0.462 e. The highest BCUT2D eigenvalue weighted by molar-refractivity contribution is 7.98. The summed E-state index contributed by atoms with van der Waals surface area (Å²) in [5, 5.41) is 8.72. The number of aromatic nitrogens is 5. The van der Waals surface area contributed by atoms with E-state index in [0.717, 1.165) is 5.56 Å². The molecule has 10 nitrogen and oxygen atoms in total. The molecule has 0 spiro atoms. The molecule has 4 heterocycles. The predicted octanol–water partition coefficient (Wildman–Crippen LogP) is 3.03. The number of hydrogen-bond donors (Lipinski definition) is 1. The Labute approximate surface area is 168 Å². The number of anilines is 1. The van der Waals surface area contributed by atoms with Gasteiger partial charge < -0.3 is 19.3 Å². The summed E-state index contributed by atoms with van der Waals surface area (Å²) in [5.41, 5.74) is 7.27. The molecule has 0 saturated heterocycles. The minimum Gasteiger partial charge on any atom is -0.462 e. The number of rotatable bonds is 6. The van der Waals surface area contributed by atoms with E-state index < -0.39 is 5.97 Å². The van der Waals surface area contributed by atoms with Gasteiger partial charge in [0.15, 0.2) is 0 Å². The van der Waals surface area contributed by atoms with E-state index in [2.05, 4.69) is 25.1 Å². The molecule has 0 amide bonds. The molecule has 0 radical (unpaired) electrons. The van der Waals surface area contributed by atoms with Crippen LogP contribution in [0.5, 0.6) is 0 Å². The van der Waals surface area contributed by atoms with Gasteiger partial charge in [0.2, 0.25) is 11.6 Å². The van der Waals surface area contributed by atoms with E-state index >= 15 is 0 Å². The van der Waals surface area contributed by atoms with Gasteiger partial charge in [0.05, 0.1) is 23.3 Å². The third-order valence-electron chi connectivity index (χ3n) is 3.92.